The first kappa shape index (κ1) is 12.9. The molecule has 1 aliphatic rings. The minimum Gasteiger partial charge on any atom is -0.294 e. The van der Waals surface area contributed by atoms with Gasteiger partial charge in [0.2, 0.25) is 0 Å². The van der Waals surface area contributed by atoms with Gasteiger partial charge in [-0.15, -0.1) is 0 Å². The Labute approximate surface area is 120 Å². The van der Waals surface area contributed by atoms with E-state index in [2.05, 4.69) is 48.2 Å². The molecule has 0 amide bonds. The van der Waals surface area contributed by atoms with Crippen molar-refractivity contribution >= 4 is 0 Å². The SMILES string of the molecule is Cc1cc(C#N)ccc1CN1CCc2ccccc2C1. The zero-order chi connectivity index (χ0) is 13.9. The molecule has 0 saturated heterocycles. The van der Waals surface area contributed by atoms with Crippen LogP contribution in [0.4, 0.5) is 0 Å². The standard InChI is InChI=1S/C18H18N2/c1-14-10-15(11-19)6-7-17(14)12-20-9-8-16-4-2-3-5-18(16)13-20/h2-7,10H,8-9,12-13H2,1H3. The van der Waals surface area contributed by atoms with E-state index < -0.39 is 0 Å². The van der Waals surface area contributed by atoms with Crippen molar-refractivity contribution in [1.82, 2.24) is 4.90 Å². The highest BCUT2D eigenvalue weighted by Crippen LogP contribution is 2.21. The molecule has 0 radical (unpaired) electrons. The summed E-state index contributed by atoms with van der Waals surface area (Å²) in [5.74, 6) is 0. The van der Waals surface area contributed by atoms with Gasteiger partial charge in [0.1, 0.15) is 0 Å². The van der Waals surface area contributed by atoms with Gasteiger partial charge in [-0.25, -0.2) is 0 Å². The minimum absolute atomic E-state index is 0.746. The van der Waals surface area contributed by atoms with Crippen LogP contribution < -0.4 is 0 Å². The molecule has 2 aromatic rings. The normalized spacial score (nSPS) is 14.6. The van der Waals surface area contributed by atoms with Crippen LogP contribution in [0.1, 0.15) is 27.8 Å². The van der Waals surface area contributed by atoms with Crippen molar-refractivity contribution in [2.75, 3.05) is 6.54 Å². The van der Waals surface area contributed by atoms with Gasteiger partial charge in [-0.2, -0.15) is 5.26 Å². The van der Waals surface area contributed by atoms with E-state index in [-0.39, 0.29) is 0 Å². The summed E-state index contributed by atoms with van der Waals surface area (Å²) in [5.41, 5.74) is 6.21. The van der Waals surface area contributed by atoms with Crippen LogP contribution in [0.5, 0.6) is 0 Å². The van der Waals surface area contributed by atoms with Crippen LogP contribution in [0.25, 0.3) is 0 Å². The van der Waals surface area contributed by atoms with Gasteiger partial charge in [-0.3, -0.25) is 4.90 Å². The molecule has 1 heterocycles. The highest BCUT2D eigenvalue weighted by atomic mass is 15.1. The number of aryl methyl sites for hydroxylation is 1. The Morgan fingerprint density at radius 1 is 1.15 bits per heavy atom. The maximum atomic E-state index is 8.92. The lowest BCUT2D eigenvalue weighted by Gasteiger charge is -2.29. The van der Waals surface area contributed by atoms with E-state index in [1.165, 1.54) is 22.3 Å². The molecule has 0 bridgehead atoms. The maximum absolute atomic E-state index is 8.92. The number of fused-ring (bicyclic) bond motifs is 1. The van der Waals surface area contributed by atoms with Gasteiger partial charge in [0.25, 0.3) is 0 Å². The molecule has 0 aliphatic carbocycles. The van der Waals surface area contributed by atoms with E-state index in [4.69, 9.17) is 5.26 Å². The molecule has 2 aromatic carbocycles. The van der Waals surface area contributed by atoms with E-state index in [0.717, 1.165) is 31.6 Å². The summed E-state index contributed by atoms with van der Waals surface area (Å²) in [6.45, 7) is 5.19. The number of hydrogen-bond donors (Lipinski definition) is 0. The highest BCUT2D eigenvalue weighted by molar-refractivity contribution is 5.37. The Morgan fingerprint density at radius 2 is 1.95 bits per heavy atom. The molecule has 20 heavy (non-hydrogen) atoms. The van der Waals surface area contributed by atoms with Gasteiger partial charge >= 0.3 is 0 Å². The summed E-state index contributed by atoms with van der Waals surface area (Å²) < 4.78 is 0. The van der Waals surface area contributed by atoms with Crippen molar-refractivity contribution in [2.45, 2.75) is 26.4 Å². The number of nitriles is 1. The lowest BCUT2D eigenvalue weighted by molar-refractivity contribution is 0.245. The first-order valence-electron chi connectivity index (χ1n) is 7.05. The van der Waals surface area contributed by atoms with Gasteiger partial charge in [0.05, 0.1) is 11.6 Å². The molecule has 0 aromatic heterocycles. The number of benzene rings is 2. The molecule has 2 heteroatoms. The molecular formula is C18H18N2. The Hall–Kier alpha value is -2.11. The van der Waals surface area contributed by atoms with Crippen molar-refractivity contribution in [3.05, 3.63) is 70.3 Å². The fourth-order valence-corrected chi connectivity index (χ4v) is 2.87. The topological polar surface area (TPSA) is 27.0 Å². The number of nitrogens with zero attached hydrogens (tertiary/aromatic N) is 2. The summed E-state index contributed by atoms with van der Waals surface area (Å²) in [7, 11) is 0. The van der Waals surface area contributed by atoms with Gasteiger partial charge in [0, 0.05) is 19.6 Å². The van der Waals surface area contributed by atoms with E-state index in [1.54, 1.807) is 0 Å². The van der Waals surface area contributed by atoms with E-state index >= 15 is 0 Å². The summed E-state index contributed by atoms with van der Waals surface area (Å²) in [6.07, 6.45) is 1.13. The first-order valence-corrected chi connectivity index (χ1v) is 7.05. The monoisotopic (exact) mass is 262 g/mol. The Kier molecular flexibility index (Phi) is 3.54. The third-order valence-corrected chi connectivity index (χ3v) is 4.08. The molecule has 3 rings (SSSR count). The molecule has 2 nitrogen and oxygen atoms in total. The fraction of sp³-hybridized carbons (Fsp3) is 0.278. The highest BCUT2D eigenvalue weighted by Gasteiger charge is 2.16. The van der Waals surface area contributed by atoms with Gasteiger partial charge in [-0.05, 0) is 47.7 Å². The fourth-order valence-electron chi connectivity index (χ4n) is 2.87. The molecule has 0 fully saturated rings. The number of hydrogen-bond acceptors (Lipinski definition) is 2. The zero-order valence-electron chi connectivity index (χ0n) is 11.8. The lowest BCUT2D eigenvalue weighted by Crippen LogP contribution is -2.30. The predicted molar refractivity (Wildman–Crippen MR) is 80.2 cm³/mol. The van der Waals surface area contributed by atoms with Crippen LogP contribution in [0.15, 0.2) is 42.5 Å². The molecule has 0 unspecified atom stereocenters. The zero-order valence-corrected chi connectivity index (χ0v) is 11.8. The summed E-state index contributed by atoms with van der Waals surface area (Å²) in [4.78, 5) is 2.48. The Morgan fingerprint density at radius 3 is 2.70 bits per heavy atom. The van der Waals surface area contributed by atoms with E-state index in [0.29, 0.717) is 0 Å². The average molecular weight is 262 g/mol. The molecule has 0 atom stereocenters. The second-order valence-corrected chi connectivity index (χ2v) is 5.48. The molecule has 1 aliphatic heterocycles. The van der Waals surface area contributed by atoms with Crippen LogP contribution in [-0.4, -0.2) is 11.4 Å². The molecular weight excluding hydrogens is 244 g/mol. The Bertz CT molecular complexity index is 667. The second kappa shape index (κ2) is 5.48. The van der Waals surface area contributed by atoms with Crippen molar-refractivity contribution in [2.24, 2.45) is 0 Å². The van der Waals surface area contributed by atoms with Crippen LogP contribution in [-0.2, 0) is 19.5 Å². The lowest BCUT2D eigenvalue weighted by atomic mass is 9.98. The molecule has 0 N–H and O–H groups in total. The largest absolute Gasteiger partial charge is 0.294 e. The van der Waals surface area contributed by atoms with Crippen LogP contribution in [0.3, 0.4) is 0 Å². The molecule has 100 valence electrons. The summed E-state index contributed by atoms with van der Waals surface area (Å²) >= 11 is 0. The summed E-state index contributed by atoms with van der Waals surface area (Å²) in [6, 6.07) is 16.9. The third-order valence-electron chi connectivity index (χ3n) is 4.08. The van der Waals surface area contributed by atoms with Crippen molar-refractivity contribution in [3.8, 4) is 6.07 Å². The van der Waals surface area contributed by atoms with Crippen molar-refractivity contribution < 1.29 is 0 Å². The first-order chi connectivity index (χ1) is 9.76. The number of rotatable bonds is 2. The quantitative estimate of drug-likeness (QED) is 0.829. The maximum Gasteiger partial charge on any atom is 0.0991 e. The molecule has 0 saturated carbocycles. The van der Waals surface area contributed by atoms with Crippen LogP contribution in [0, 0.1) is 18.3 Å². The van der Waals surface area contributed by atoms with Gasteiger partial charge in [0.15, 0.2) is 0 Å². The Balaban J connectivity index is 1.75. The van der Waals surface area contributed by atoms with Gasteiger partial charge < -0.3 is 0 Å². The van der Waals surface area contributed by atoms with Crippen molar-refractivity contribution in [1.29, 1.82) is 5.26 Å². The smallest absolute Gasteiger partial charge is 0.0991 e. The third kappa shape index (κ3) is 2.59. The average Bonchev–Trinajstić information content (AvgIpc) is 2.49. The van der Waals surface area contributed by atoms with Crippen LogP contribution >= 0.6 is 0 Å². The molecule has 0 spiro atoms. The van der Waals surface area contributed by atoms with E-state index in [1.807, 2.05) is 12.1 Å². The predicted octanol–water partition coefficient (Wildman–Crippen LogP) is 3.43. The van der Waals surface area contributed by atoms with Crippen molar-refractivity contribution in [3.63, 3.8) is 0 Å². The second-order valence-electron chi connectivity index (χ2n) is 5.48. The summed E-state index contributed by atoms with van der Waals surface area (Å²) in [5, 5.41) is 8.92. The van der Waals surface area contributed by atoms with E-state index in [9.17, 15) is 0 Å². The minimum atomic E-state index is 0.746. The van der Waals surface area contributed by atoms with Gasteiger partial charge in [-0.1, -0.05) is 30.3 Å². The van der Waals surface area contributed by atoms with Crippen LogP contribution in [0.2, 0.25) is 0 Å².